The molecule has 2 N–H and O–H groups in total. The molecule has 0 saturated carbocycles. The maximum absolute atomic E-state index is 12.2. The molecule has 0 spiro atoms. The molecule has 7 heteroatoms. The van der Waals surface area contributed by atoms with Crippen molar-refractivity contribution in [3.05, 3.63) is 77.9 Å². The third-order valence-electron chi connectivity index (χ3n) is 7.42. The van der Waals surface area contributed by atoms with Crippen LogP contribution < -0.4 is 0 Å². The molecule has 1 heterocycles. The van der Waals surface area contributed by atoms with Crippen LogP contribution in [0.25, 0.3) is 10.8 Å². The molecule has 1 aliphatic heterocycles. The first-order valence-electron chi connectivity index (χ1n) is 12.5. The highest BCUT2D eigenvalue weighted by Crippen LogP contribution is 2.49. The molecule has 3 aromatic carbocycles. The Bertz CT molecular complexity index is 1340. The average molecular weight is 511 g/mol. The van der Waals surface area contributed by atoms with Crippen molar-refractivity contribution in [3.8, 4) is 0 Å². The number of phosphoric ester groups is 1. The molecule has 0 amide bonds. The van der Waals surface area contributed by atoms with Gasteiger partial charge in [0, 0.05) is 25.0 Å². The van der Waals surface area contributed by atoms with E-state index < -0.39 is 13.4 Å². The smallest absolute Gasteiger partial charge is 0.328 e. The monoisotopic (exact) mass is 510 g/mol. The number of hydrogen-bond donors (Lipinski definition) is 2. The van der Waals surface area contributed by atoms with Crippen LogP contribution in [-0.4, -0.2) is 58.8 Å². The molecule has 0 aromatic heterocycles. The molecule has 0 aliphatic carbocycles. The van der Waals surface area contributed by atoms with Crippen molar-refractivity contribution in [1.82, 2.24) is 0 Å². The van der Waals surface area contributed by atoms with Crippen LogP contribution in [0, 0.1) is 0 Å². The van der Waals surface area contributed by atoms with Crippen molar-refractivity contribution in [2.75, 3.05) is 34.2 Å². The van der Waals surface area contributed by atoms with Gasteiger partial charge >= 0.3 is 7.82 Å². The van der Waals surface area contributed by atoms with E-state index in [0.717, 1.165) is 12.1 Å². The summed E-state index contributed by atoms with van der Waals surface area (Å²) in [5.74, 6) is 0. The number of benzene rings is 3. The van der Waals surface area contributed by atoms with Gasteiger partial charge in [0.05, 0.1) is 26.6 Å². The van der Waals surface area contributed by atoms with E-state index in [-0.39, 0.29) is 5.41 Å². The Balaban J connectivity index is 1.70. The van der Waals surface area contributed by atoms with Gasteiger partial charge in [0.25, 0.3) is 0 Å². The predicted molar refractivity (Wildman–Crippen MR) is 146 cm³/mol. The molecule has 6 nitrogen and oxygen atoms in total. The molecule has 0 bridgehead atoms. The minimum Gasteiger partial charge on any atom is -0.328 e. The average Bonchev–Trinajstić information content (AvgIpc) is 2.98. The van der Waals surface area contributed by atoms with Crippen LogP contribution in [0.5, 0.6) is 0 Å². The first-order chi connectivity index (χ1) is 16.7. The van der Waals surface area contributed by atoms with E-state index in [1.807, 2.05) is 51.5 Å². The highest BCUT2D eigenvalue weighted by molar-refractivity contribution is 7.46. The highest BCUT2D eigenvalue weighted by atomic mass is 31.2. The summed E-state index contributed by atoms with van der Waals surface area (Å²) in [6.45, 7) is 7.90. The fourth-order valence-corrected chi connectivity index (χ4v) is 6.54. The van der Waals surface area contributed by atoms with E-state index in [2.05, 4.69) is 61.7 Å². The van der Waals surface area contributed by atoms with Crippen molar-refractivity contribution in [1.29, 1.82) is 0 Å². The SMILES string of the molecule is CC1=[N+](CCCC(C[N+](C)(C)C)(OP(=O)(O)O)c2ccccc2)c2ccc3ccccc3c2C1(C)C. The van der Waals surface area contributed by atoms with E-state index in [1.165, 1.54) is 27.7 Å². The van der Waals surface area contributed by atoms with E-state index in [4.69, 9.17) is 4.52 Å². The highest BCUT2D eigenvalue weighted by Gasteiger charge is 2.46. The Hall–Kier alpha value is -2.34. The van der Waals surface area contributed by atoms with Crippen LogP contribution in [0.3, 0.4) is 0 Å². The van der Waals surface area contributed by atoms with Gasteiger partial charge in [-0.15, -0.1) is 0 Å². The Labute approximate surface area is 214 Å². The lowest BCUT2D eigenvalue weighted by Gasteiger charge is -2.39. The molecule has 3 aromatic rings. The number of hydrogen-bond acceptors (Lipinski definition) is 2. The van der Waals surface area contributed by atoms with Crippen LogP contribution in [0.2, 0.25) is 0 Å². The third-order valence-corrected chi connectivity index (χ3v) is 8.01. The van der Waals surface area contributed by atoms with E-state index in [9.17, 15) is 14.4 Å². The molecule has 1 aliphatic rings. The zero-order chi connectivity index (χ0) is 26.4. The van der Waals surface area contributed by atoms with Gasteiger partial charge in [-0.2, -0.15) is 4.58 Å². The number of rotatable bonds is 9. The summed E-state index contributed by atoms with van der Waals surface area (Å²) in [5.41, 5.74) is 3.39. The van der Waals surface area contributed by atoms with Crippen molar-refractivity contribution in [2.24, 2.45) is 0 Å². The molecule has 36 heavy (non-hydrogen) atoms. The van der Waals surface area contributed by atoms with E-state index >= 15 is 0 Å². The molecule has 0 saturated heterocycles. The van der Waals surface area contributed by atoms with Crippen LogP contribution in [0.15, 0.2) is 66.7 Å². The topological polar surface area (TPSA) is 69.8 Å². The summed E-state index contributed by atoms with van der Waals surface area (Å²) in [4.78, 5) is 19.9. The molecule has 1 atom stereocenters. The second-order valence-electron chi connectivity index (χ2n) is 11.5. The molecular weight excluding hydrogens is 471 g/mol. The Morgan fingerprint density at radius 1 is 0.972 bits per heavy atom. The molecule has 0 fully saturated rings. The summed E-state index contributed by atoms with van der Waals surface area (Å²) in [5, 5.41) is 2.51. The fourth-order valence-electron chi connectivity index (χ4n) is 5.83. The molecule has 1 unspecified atom stereocenters. The molecule has 4 rings (SSSR count). The van der Waals surface area contributed by atoms with Gasteiger partial charge in [-0.25, -0.2) is 4.57 Å². The molecular formula is C29H39N2O4P+2. The lowest BCUT2D eigenvalue weighted by atomic mass is 9.80. The quantitative estimate of drug-likeness (QED) is 0.219. The number of fused-ring (bicyclic) bond motifs is 3. The van der Waals surface area contributed by atoms with Gasteiger partial charge in [-0.3, -0.25) is 4.52 Å². The number of nitrogens with zero attached hydrogens (tertiary/aromatic N) is 2. The fraction of sp³-hybridized carbons (Fsp3) is 0.414. The summed E-state index contributed by atoms with van der Waals surface area (Å²) >= 11 is 0. The van der Waals surface area contributed by atoms with Gasteiger partial charge in [0.2, 0.25) is 5.69 Å². The summed E-state index contributed by atoms with van der Waals surface area (Å²) in [6.07, 6.45) is 1.18. The standard InChI is InChI=1S/C29H37N2O4P/c1-22-28(2,3)27-25-16-11-10-13-23(25)17-18-26(27)30(22)20-12-19-29(21-31(4,5)6,35-36(32,33)34)24-14-8-7-9-15-24/h7-11,13-18H,12,19-21H2,1-6H3/p+2. The van der Waals surface area contributed by atoms with Crippen LogP contribution >= 0.6 is 7.82 Å². The predicted octanol–water partition coefficient (Wildman–Crippen LogP) is 5.73. The number of likely N-dealkylation sites (N-methyl/N-ethyl adjacent to an activating group) is 1. The van der Waals surface area contributed by atoms with Crippen LogP contribution in [-0.2, 0) is 20.1 Å². The summed E-state index contributed by atoms with van der Waals surface area (Å²) < 4.78 is 20.8. The number of quaternary nitrogens is 1. The summed E-state index contributed by atoms with van der Waals surface area (Å²) in [6, 6.07) is 22.4. The Kier molecular flexibility index (Phi) is 7.06. The molecule has 0 radical (unpaired) electrons. The Morgan fingerprint density at radius 3 is 2.25 bits per heavy atom. The van der Waals surface area contributed by atoms with Crippen molar-refractivity contribution in [2.45, 2.75) is 44.6 Å². The number of phosphoric acid groups is 1. The first-order valence-corrected chi connectivity index (χ1v) is 14.0. The molecule has 192 valence electrons. The van der Waals surface area contributed by atoms with Gasteiger partial charge < -0.3 is 14.3 Å². The van der Waals surface area contributed by atoms with Gasteiger partial charge in [-0.05, 0) is 42.7 Å². The maximum atomic E-state index is 12.2. The maximum Gasteiger partial charge on any atom is 0.470 e. The van der Waals surface area contributed by atoms with Crippen molar-refractivity contribution in [3.63, 3.8) is 0 Å². The van der Waals surface area contributed by atoms with Gasteiger partial charge in [0.15, 0.2) is 11.3 Å². The van der Waals surface area contributed by atoms with Crippen LogP contribution in [0.1, 0.15) is 44.7 Å². The van der Waals surface area contributed by atoms with E-state index in [0.29, 0.717) is 23.9 Å². The largest absolute Gasteiger partial charge is 0.470 e. The zero-order valence-corrected chi connectivity index (χ0v) is 23.1. The summed E-state index contributed by atoms with van der Waals surface area (Å²) in [7, 11) is 1.30. The van der Waals surface area contributed by atoms with Crippen molar-refractivity contribution >= 4 is 30.0 Å². The second-order valence-corrected chi connectivity index (χ2v) is 12.7. The second kappa shape index (κ2) is 9.51. The lowest BCUT2D eigenvalue weighted by Crippen LogP contribution is -2.48. The van der Waals surface area contributed by atoms with Crippen LogP contribution in [0.4, 0.5) is 5.69 Å². The first kappa shape index (κ1) is 26.7. The Morgan fingerprint density at radius 2 is 1.61 bits per heavy atom. The van der Waals surface area contributed by atoms with Crippen molar-refractivity contribution < 1.29 is 27.9 Å². The van der Waals surface area contributed by atoms with E-state index in [1.54, 1.807) is 0 Å². The van der Waals surface area contributed by atoms with Gasteiger partial charge in [-0.1, -0.05) is 54.6 Å². The third kappa shape index (κ3) is 5.34. The minimum atomic E-state index is -4.75. The zero-order valence-electron chi connectivity index (χ0n) is 22.2. The minimum absolute atomic E-state index is 0.114. The van der Waals surface area contributed by atoms with Gasteiger partial charge in [0.1, 0.15) is 13.1 Å². The lowest BCUT2D eigenvalue weighted by molar-refractivity contribution is -0.877. The normalized spacial score (nSPS) is 17.3.